The van der Waals surface area contributed by atoms with Crippen molar-refractivity contribution in [2.75, 3.05) is 11.9 Å². The predicted octanol–water partition coefficient (Wildman–Crippen LogP) is 4.08. The summed E-state index contributed by atoms with van der Waals surface area (Å²) in [5.74, 6) is 0.560. The molecule has 0 unspecified atom stereocenters. The summed E-state index contributed by atoms with van der Waals surface area (Å²) in [6, 6.07) is 13.3. The van der Waals surface area contributed by atoms with Crippen LogP contribution in [0.15, 0.2) is 46.9 Å². The van der Waals surface area contributed by atoms with E-state index in [0.717, 1.165) is 27.0 Å². The Kier molecular flexibility index (Phi) is 4.79. The molecule has 2 aromatic carbocycles. The molecule has 0 radical (unpaired) electrons. The van der Waals surface area contributed by atoms with Crippen molar-refractivity contribution in [3.63, 3.8) is 0 Å². The number of rotatable bonds is 4. The maximum absolute atomic E-state index is 11.9. The molecule has 0 aromatic heterocycles. The molecule has 1 N–H and O–H groups in total. The van der Waals surface area contributed by atoms with E-state index in [1.807, 2.05) is 56.3 Å². The van der Waals surface area contributed by atoms with Gasteiger partial charge in [0.25, 0.3) is 5.91 Å². The van der Waals surface area contributed by atoms with Crippen LogP contribution in [0.25, 0.3) is 0 Å². The number of para-hydroxylation sites is 1. The highest BCUT2D eigenvalue weighted by molar-refractivity contribution is 9.10. The number of anilines is 1. The highest BCUT2D eigenvalue weighted by Crippen LogP contribution is 2.22. The normalized spacial score (nSPS) is 10.2. The summed E-state index contributed by atoms with van der Waals surface area (Å²) in [7, 11) is 0. The largest absolute Gasteiger partial charge is 0.483 e. The maximum Gasteiger partial charge on any atom is 0.262 e. The second kappa shape index (κ2) is 6.57. The highest BCUT2D eigenvalue weighted by Gasteiger charge is 2.07. The first-order chi connectivity index (χ1) is 9.58. The second-order valence-corrected chi connectivity index (χ2v) is 5.37. The Hall–Kier alpha value is -1.81. The van der Waals surface area contributed by atoms with Crippen LogP contribution in [0.3, 0.4) is 0 Å². The van der Waals surface area contributed by atoms with Gasteiger partial charge < -0.3 is 10.1 Å². The van der Waals surface area contributed by atoms with E-state index in [1.54, 1.807) is 0 Å². The Bertz CT molecular complexity index is 626. The van der Waals surface area contributed by atoms with Gasteiger partial charge >= 0.3 is 0 Å². The molecule has 0 bridgehead atoms. The van der Waals surface area contributed by atoms with Crippen molar-refractivity contribution in [3.8, 4) is 5.75 Å². The number of hydrogen-bond donors (Lipinski definition) is 1. The van der Waals surface area contributed by atoms with Gasteiger partial charge in [0.15, 0.2) is 6.61 Å². The minimum Gasteiger partial charge on any atom is -0.483 e. The summed E-state index contributed by atoms with van der Waals surface area (Å²) >= 11 is 3.39. The van der Waals surface area contributed by atoms with Gasteiger partial charge in [-0.1, -0.05) is 24.3 Å². The summed E-state index contributed by atoms with van der Waals surface area (Å²) in [6.45, 7) is 3.99. The lowest BCUT2D eigenvalue weighted by atomic mass is 10.1. The minimum absolute atomic E-state index is 0.00831. The van der Waals surface area contributed by atoms with Gasteiger partial charge in [-0.15, -0.1) is 0 Å². The van der Waals surface area contributed by atoms with Gasteiger partial charge in [0.05, 0.1) is 5.69 Å². The molecule has 0 aliphatic rings. The van der Waals surface area contributed by atoms with E-state index in [-0.39, 0.29) is 12.5 Å². The van der Waals surface area contributed by atoms with E-state index in [9.17, 15) is 4.79 Å². The fraction of sp³-hybridized carbons (Fsp3) is 0.188. The van der Waals surface area contributed by atoms with Crippen LogP contribution in [0.2, 0.25) is 0 Å². The maximum atomic E-state index is 11.9. The number of nitrogens with one attached hydrogen (secondary N) is 1. The Balaban J connectivity index is 1.96. The van der Waals surface area contributed by atoms with Gasteiger partial charge in [0.2, 0.25) is 0 Å². The van der Waals surface area contributed by atoms with E-state index >= 15 is 0 Å². The molecule has 4 heteroatoms. The van der Waals surface area contributed by atoms with Crippen LogP contribution in [-0.4, -0.2) is 12.5 Å². The monoisotopic (exact) mass is 333 g/mol. The molecule has 3 nitrogen and oxygen atoms in total. The number of benzene rings is 2. The van der Waals surface area contributed by atoms with E-state index < -0.39 is 0 Å². The number of carbonyl (C=O) groups is 1. The average Bonchev–Trinajstić information content (AvgIpc) is 2.43. The Labute approximate surface area is 127 Å². The number of ether oxygens (including phenoxy) is 1. The van der Waals surface area contributed by atoms with E-state index in [2.05, 4.69) is 21.2 Å². The number of amides is 1. The third-order valence-electron chi connectivity index (χ3n) is 3.06. The fourth-order valence-corrected chi connectivity index (χ4v) is 2.16. The SMILES string of the molecule is Cc1cccc(OCC(=O)Nc2ccccc2Br)c1C. The van der Waals surface area contributed by atoms with Crippen molar-refractivity contribution in [2.45, 2.75) is 13.8 Å². The van der Waals surface area contributed by atoms with Crippen molar-refractivity contribution in [3.05, 3.63) is 58.1 Å². The van der Waals surface area contributed by atoms with Crippen LogP contribution in [-0.2, 0) is 4.79 Å². The van der Waals surface area contributed by atoms with Crippen molar-refractivity contribution in [1.82, 2.24) is 0 Å². The Morgan fingerprint density at radius 3 is 2.65 bits per heavy atom. The first-order valence-electron chi connectivity index (χ1n) is 6.31. The first-order valence-corrected chi connectivity index (χ1v) is 7.10. The molecule has 0 saturated heterocycles. The summed E-state index contributed by atoms with van der Waals surface area (Å²) in [5.41, 5.74) is 2.94. The summed E-state index contributed by atoms with van der Waals surface area (Å²) in [4.78, 5) is 11.9. The first kappa shape index (κ1) is 14.6. The molecule has 2 aromatic rings. The molecule has 0 fully saturated rings. The molecule has 0 heterocycles. The van der Waals surface area contributed by atoms with Crippen LogP contribution in [0, 0.1) is 13.8 Å². The van der Waals surface area contributed by atoms with Gasteiger partial charge in [-0.2, -0.15) is 0 Å². The molecule has 2 rings (SSSR count). The number of carbonyl (C=O) groups excluding carboxylic acids is 1. The third kappa shape index (κ3) is 3.61. The fourth-order valence-electron chi connectivity index (χ4n) is 1.77. The van der Waals surface area contributed by atoms with Gasteiger partial charge in [-0.3, -0.25) is 4.79 Å². The minimum atomic E-state index is -0.183. The zero-order chi connectivity index (χ0) is 14.5. The molecule has 0 spiro atoms. The average molecular weight is 334 g/mol. The van der Waals surface area contributed by atoms with Crippen molar-refractivity contribution in [2.24, 2.45) is 0 Å². The highest BCUT2D eigenvalue weighted by atomic mass is 79.9. The van der Waals surface area contributed by atoms with Gasteiger partial charge in [0, 0.05) is 4.47 Å². The number of halogens is 1. The molecule has 0 aliphatic heterocycles. The summed E-state index contributed by atoms with van der Waals surface area (Å²) in [6.07, 6.45) is 0. The van der Waals surface area contributed by atoms with Crippen LogP contribution in [0.5, 0.6) is 5.75 Å². The van der Waals surface area contributed by atoms with Crippen LogP contribution < -0.4 is 10.1 Å². The van der Waals surface area contributed by atoms with E-state index in [1.165, 1.54) is 0 Å². The van der Waals surface area contributed by atoms with Crippen LogP contribution in [0.4, 0.5) is 5.69 Å². The third-order valence-corrected chi connectivity index (χ3v) is 3.75. The number of aryl methyl sites for hydroxylation is 1. The quantitative estimate of drug-likeness (QED) is 0.915. The molecular weight excluding hydrogens is 318 g/mol. The predicted molar refractivity (Wildman–Crippen MR) is 84.2 cm³/mol. The second-order valence-electron chi connectivity index (χ2n) is 4.51. The van der Waals surface area contributed by atoms with Crippen LogP contribution >= 0.6 is 15.9 Å². The van der Waals surface area contributed by atoms with Gasteiger partial charge in [-0.25, -0.2) is 0 Å². The Morgan fingerprint density at radius 2 is 1.90 bits per heavy atom. The lowest BCUT2D eigenvalue weighted by Crippen LogP contribution is -2.20. The van der Waals surface area contributed by atoms with Crippen molar-refractivity contribution >= 4 is 27.5 Å². The topological polar surface area (TPSA) is 38.3 Å². The van der Waals surface area contributed by atoms with E-state index in [4.69, 9.17) is 4.74 Å². The molecule has 1 amide bonds. The summed E-state index contributed by atoms with van der Waals surface area (Å²) in [5, 5.41) is 2.80. The van der Waals surface area contributed by atoms with E-state index in [0.29, 0.717) is 0 Å². The lowest BCUT2D eigenvalue weighted by molar-refractivity contribution is -0.118. The molecule has 104 valence electrons. The molecular formula is C16H16BrNO2. The molecule has 0 saturated carbocycles. The van der Waals surface area contributed by atoms with Crippen molar-refractivity contribution in [1.29, 1.82) is 0 Å². The summed E-state index contributed by atoms with van der Waals surface area (Å²) < 4.78 is 6.41. The zero-order valence-corrected chi connectivity index (χ0v) is 13.0. The van der Waals surface area contributed by atoms with Crippen molar-refractivity contribution < 1.29 is 9.53 Å². The Morgan fingerprint density at radius 1 is 1.15 bits per heavy atom. The standard InChI is InChI=1S/C16H16BrNO2/c1-11-6-5-9-15(12(11)2)20-10-16(19)18-14-8-4-3-7-13(14)17/h3-9H,10H2,1-2H3,(H,18,19). The van der Waals surface area contributed by atoms with Crippen LogP contribution in [0.1, 0.15) is 11.1 Å². The molecule has 0 atom stereocenters. The number of hydrogen-bond acceptors (Lipinski definition) is 2. The lowest BCUT2D eigenvalue weighted by Gasteiger charge is -2.11. The van der Waals surface area contributed by atoms with Gasteiger partial charge in [-0.05, 0) is 59.1 Å². The molecule has 0 aliphatic carbocycles. The zero-order valence-electron chi connectivity index (χ0n) is 11.4. The smallest absolute Gasteiger partial charge is 0.262 e. The molecule has 20 heavy (non-hydrogen) atoms. The van der Waals surface area contributed by atoms with Gasteiger partial charge in [0.1, 0.15) is 5.75 Å².